The lowest BCUT2D eigenvalue weighted by Gasteiger charge is -2.29. The lowest BCUT2D eigenvalue weighted by atomic mass is 9.95. The second-order valence-corrected chi connectivity index (χ2v) is 8.81. The highest BCUT2D eigenvalue weighted by molar-refractivity contribution is 5.88. The molecule has 1 saturated heterocycles. The van der Waals surface area contributed by atoms with Crippen molar-refractivity contribution < 1.29 is 13.9 Å². The van der Waals surface area contributed by atoms with Crippen LogP contribution in [0.4, 0.5) is 5.69 Å². The maximum atomic E-state index is 12.9. The largest absolute Gasteiger partial charge is 0.464 e. The van der Waals surface area contributed by atoms with Gasteiger partial charge in [-0.1, -0.05) is 26.0 Å². The maximum absolute atomic E-state index is 12.9. The number of ether oxygens (including phenoxy) is 1. The Balaban J connectivity index is 1.42. The van der Waals surface area contributed by atoms with Gasteiger partial charge in [-0.2, -0.15) is 0 Å². The summed E-state index contributed by atoms with van der Waals surface area (Å²) < 4.78 is 11.2. The Morgan fingerprint density at radius 1 is 1.13 bits per heavy atom. The summed E-state index contributed by atoms with van der Waals surface area (Å²) in [5.74, 6) is 0.526. The number of morpholine rings is 1. The molecule has 3 aromatic rings. The number of hydrogen-bond acceptors (Lipinski definition) is 4. The standard InChI is InChI=1S/C26H32N2O3/c1-18(2)23-15-24-21(17-31-25(24)13-19(23)3)14-26(29)27(4)16-20-5-7-22(8-6-20)28-9-11-30-12-10-28/h5-8,13,15,17-18H,9-12,14,16H2,1-4H3. The summed E-state index contributed by atoms with van der Waals surface area (Å²) in [5.41, 5.74) is 6.68. The molecule has 31 heavy (non-hydrogen) atoms. The quantitative estimate of drug-likeness (QED) is 0.569. The average molecular weight is 421 g/mol. The number of anilines is 1. The Bertz CT molecular complexity index is 1050. The summed E-state index contributed by atoms with van der Waals surface area (Å²) in [6, 6.07) is 12.8. The van der Waals surface area contributed by atoms with E-state index in [-0.39, 0.29) is 5.91 Å². The number of rotatable bonds is 6. The molecule has 0 saturated carbocycles. The fourth-order valence-corrected chi connectivity index (χ4v) is 4.30. The molecule has 5 nitrogen and oxygen atoms in total. The maximum Gasteiger partial charge on any atom is 0.227 e. The minimum atomic E-state index is 0.0895. The van der Waals surface area contributed by atoms with Crippen LogP contribution in [0.3, 0.4) is 0 Å². The number of nitrogens with zero attached hydrogens (tertiary/aromatic N) is 2. The van der Waals surface area contributed by atoms with Gasteiger partial charge >= 0.3 is 0 Å². The number of benzene rings is 2. The lowest BCUT2D eigenvalue weighted by Crippen LogP contribution is -2.36. The second-order valence-electron chi connectivity index (χ2n) is 8.81. The summed E-state index contributed by atoms with van der Waals surface area (Å²) in [5, 5.41) is 1.05. The van der Waals surface area contributed by atoms with Crippen molar-refractivity contribution >= 4 is 22.6 Å². The summed E-state index contributed by atoms with van der Waals surface area (Å²) in [7, 11) is 1.87. The number of hydrogen-bond donors (Lipinski definition) is 0. The molecule has 164 valence electrons. The van der Waals surface area contributed by atoms with Crippen LogP contribution in [-0.4, -0.2) is 44.2 Å². The van der Waals surface area contributed by atoms with Crippen molar-refractivity contribution in [1.29, 1.82) is 0 Å². The van der Waals surface area contributed by atoms with Gasteiger partial charge in [0.1, 0.15) is 5.58 Å². The first-order valence-corrected chi connectivity index (χ1v) is 11.1. The number of carbonyl (C=O) groups excluding carboxylic acids is 1. The van der Waals surface area contributed by atoms with Crippen molar-refractivity contribution in [3.8, 4) is 0 Å². The SMILES string of the molecule is Cc1cc2occ(CC(=O)N(C)Cc3ccc(N4CCOCC4)cc3)c2cc1C(C)C. The van der Waals surface area contributed by atoms with Crippen LogP contribution in [0, 0.1) is 6.92 Å². The molecule has 0 N–H and O–H groups in total. The van der Waals surface area contributed by atoms with E-state index >= 15 is 0 Å². The molecule has 0 radical (unpaired) electrons. The molecule has 2 heterocycles. The van der Waals surface area contributed by atoms with E-state index in [1.807, 2.05) is 7.05 Å². The minimum absolute atomic E-state index is 0.0895. The average Bonchev–Trinajstić information content (AvgIpc) is 3.15. The molecule has 0 unspecified atom stereocenters. The highest BCUT2D eigenvalue weighted by Gasteiger charge is 2.17. The van der Waals surface area contributed by atoms with Crippen molar-refractivity contribution in [3.63, 3.8) is 0 Å². The summed E-state index contributed by atoms with van der Waals surface area (Å²) >= 11 is 0. The minimum Gasteiger partial charge on any atom is -0.464 e. The third-order valence-electron chi connectivity index (χ3n) is 6.16. The van der Waals surface area contributed by atoms with E-state index in [1.54, 1.807) is 11.2 Å². The third-order valence-corrected chi connectivity index (χ3v) is 6.16. The fraction of sp³-hybridized carbons (Fsp3) is 0.423. The highest BCUT2D eigenvalue weighted by atomic mass is 16.5. The van der Waals surface area contributed by atoms with Crippen LogP contribution < -0.4 is 4.90 Å². The zero-order valence-electron chi connectivity index (χ0n) is 19.0. The van der Waals surface area contributed by atoms with E-state index in [0.29, 0.717) is 18.9 Å². The predicted molar refractivity (Wildman–Crippen MR) is 125 cm³/mol. The molecule has 0 spiro atoms. The number of fused-ring (bicyclic) bond motifs is 1. The van der Waals surface area contributed by atoms with Gasteiger partial charge in [0.05, 0.1) is 25.9 Å². The van der Waals surface area contributed by atoms with E-state index in [1.165, 1.54) is 16.8 Å². The van der Waals surface area contributed by atoms with Gasteiger partial charge in [0.15, 0.2) is 0 Å². The first-order valence-electron chi connectivity index (χ1n) is 11.1. The first-order chi connectivity index (χ1) is 14.9. The van der Waals surface area contributed by atoms with Crippen molar-refractivity contribution in [1.82, 2.24) is 4.90 Å². The molecule has 1 aliphatic rings. The monoisotopic (exact) mass is 420 g/mol. The Morgan fingerprint density at radius 3 is 2.52 bits per heavy atom. The molecule has 1 aliphatic heterocycles. The molecule has 5 heteroatoms. The Labute approximate surface area is 184 Å². The third kappa shape index (κ3) is 4.77. The summed E-state index contributed by atoms with van der Waals surface area (Å²) in [4.78, 5) is 17.0. The fourth-order valence-electron chi connectivity index (χ4n) is 4.30. The molecular formula is C26H32N2O3. The van der Waals surface area contributed by atoms with Crippen LogP contribution in [-0.2, 0) is 22.5 Å². The predicted octanol–water partition coefficient (Wildman–Crippen LogP) is 4.90. The zero-order valence-corrected chi connectivity index (χ0v) is 19.0. The van der Waals surface area contributed by atoms with Crippen LogP contribution in [0.5, 0.6) is 0 Å². The van der Waals surface area contributed by atoms with Gasteiger partial charge in [0.25, 0.3) is 0 Å². The Kier molecular flexibility index (Phi) is 6.33. The zero-order chi connectivity index (χ0) is 22.0. The van der Waals surface area contributed by atoms with Crippen LogP contribution >= 0.6 is 0 Å². The van der Waals surface area contributed by atoms with Crippen molar-refractivity contribution in [2.45, 2.75) is 39.7 Å². The van der Waals surface area contributed by atoms with Gasteiger partial charge in [-0.05, 0) is 53.8 Å². The van der Waals surface area contributed by atoms with Gasteiger partial charge in [-0.3, -0.25) is 4.79 Å². The van der Waals surface area contributed by atoms with Crippen LogP contribution in [0.1, 0.15) is 42.0 Å². The smallest absolute Gasteiger partial charge is 0.227 e. The molecule has 1 amide bonds. The number of carbonyl (C=O) groups is 1. The molecule has 0 bridgehead atoms. The van der Waals surface area contributed by atoms with E-state index in [2.05, 4.69) is 62.1 Å². The normalized spacial score (nSPS) is 14.4. The van der Waals surface area contributed by atoms with E-state index < -0.39 is 0 Å². The van der Waals surface area contributed by atoms with Gasteiger partial charge in [-0.15, -0.1) is 0 Å². The summed E-state index contributed by atoms with van der Waals surface area (Å²) in [6.45, 7) is 10.5. The van der Waals surface area contributed by atoms with E-state index in [9.17, 15) is 4.79 Å². The number of aryl methyl sites for hydroxylation is 1. The molecule has 1 aromatic heterocycles. The molecule has 4 rings (SSSR count). The van der Waals surface area contributed by atoms with Crippen LogP contribution in [0.2, 0.25) is 0 Å². The highest BCUT2D eigenvalue weighted by Crippen LogP contribution is 2.29. The molecule has 2 aromatic carbocycles. The number of furan rings is 1. The molecule has 1 fully saturated rings. The summed E-state index contributed by atoms with van der Waals surface area (Å²) in [6.07, 6.45) is 2.08. The van der Waals surface area contributed by atoms with Gasteiger partial charge in [-0.25, -0.2) is 0 Å². The van der Waals surface area contributed by atoms with Crippen molar-refractivity contribution in [3.05, 3.63) is 64.9 Å². The second kappa shape index (κ2) is 9.15. The molecule has 0 aliphatic carbocycles. The van der Waals surface area contributed by atoms with Crippen LogP contribution in [0.25, 0.3) is 11.0 Å². The van der Waals surface area contributed by atoms with Gasteiger partial charge in [0.2, 0.25) is 5.91 Å². The Hall–Kier alpha value is -2.79. The van der Waals surface area contributed by atoms with Gasteiger partial charge < -0.3 is 19.0 Å². The first kappa shape index (κ1) is 21.4. The van der Waals surface area contributed by atoms with E-state index in [4.69, 9.17) is 9.15 Å². The van der Waals surface area contributed by atoms with Gasteiger partial charge in [0, 0.05) is 43.3 Å². The van der Waals surface area contributed by atoms with Crippen LogP contribution in [0.15, 0.2) is 47.1 Å². The number of amides is 1. The van der Waals surface area contributed by atoms with Crippen molar-refractivity contribution in [2.75, 3.05) is 38.3 Å². The molecule has 0 atom stereocenters. The van der Waals surface area contributed by atoms with Crippen molar-refractivity contribution in [2.24, 2.45) is 0 Å². The lowest BCUT2D eigenvalue weighted by molar-refractivity contribution is -0.129. The molecular weight excluding hydrogens is 388 g/mol. The Morgan fingerprint density at radius 2 is 1.84 bits per heavy atom. The number of likely N-dealkylation sites (N-methyl/N-ethyl adjacent to an activating group) is 1. The topological polar surface area (TPSA) is 45.9 Å². The van der Waals surface area contributed by atoms with E-state index in [0.717, 1.165) is 48.4 Å².